The molecule has 0 saturated carbocycles. The molecule has 0 aliphatic rings. The second-order valence-electron chi connectivity index (χ2n) is 2.43. The summed E-state index contributed by atoms with van der Waals surface area (Å²) in [7, 11) is 0. The fourth-order valence-corrected chi connectivity index (χ4v) is 1.15. The summed E-state index contributed by atoms with van der Waals surface area (Å²) in [5.74, 6) is -1.03. The molecule has 0 aliphatic heterocycles. The van der Waals surface area contributed by atoms with E-state index in [-0.39, 0.29) is 11.0 Å². The normalized spacial score (nSPS) is 10.5. The van der Waals surface area contributed by atoms with E-state index in [4.69, 9.17) is 16.7 Å². The Labute approximate surface area is 77.4 Å². The lowest BCUT2D eigenvalue weighted by atomic mass is 10.4. The number of aromatic nitrogens is 3. The summed E-state index contributed by atoms with van der Waals surface area (Å²) >= 11 is 5.52. The lowest BCUT2D eigenvalue weighted by Gasteiger charge is -1.87. The van der Waals surface area contributed by atoms with Gasteiger partial charge < -0.3 is 10.1 Å². The van der Waals surface area contributed by atoms with E-state index in [0.717, 1.165) is 0 Å². The summed E-state index contributed by atoms with van der Waals surface area (Å²) in [4.78, 5) is 20.7. The Morgan fingerprint density at radius 2 is 2.38 bits per heavy atom. The molecule has 6 heteroatoms. The molecule has 0 saturated heterocycles. The van der Waals surface area contributed by atoms with E-state index in [1.54, 1.807) is 0 Å². The van der Waals surface area contributed by atoms with Gasteiger partial charge >= 0.3 is 5.97 Å². The van der Waals surface area contributed by atoms with Crippen molar-refractivity contribution < 1.29 is 9.90 Å². The molecule has 0 bridgehead atoms. The predicted molar refractivity (Wildman–Crippen MR) is 45.9 cm³/mol. The highest BCUT2D eigenvalue weighted by molar-refractivity contribution is 6.28. The maximum absolute atomic E-state index is 10.5. The molecule has 0 aromatic carbocycles. The summed E-state index contributed by atoms with van der Waals surface area (Å²) in [5.41, 5.74) is 1.13. The molecule has 2 aromatic heterocycles. The Hall–Kier alpha value is -1.62. The molecule has 0 atom stereocenters. The molecule has 2 heterocycles. The van der Waals surface area contributed by atoms with Crippen molar-refractivity contribution in [2.24, 2.45) is 0 Å². The highest BCUT2D eigenvalue weighted by Crippen LogP contribution is 2.13. The number of aromatic carboxylic acids is 1. The molecule has 13 heavy (non-hydrogen) atoms. The Bertz CT molecular complexity index is 480. The van der Waals surface area contributed by atoms with Crippen LogP contribution in [0.1, 0.15) is 10.5 Å². The molecule has 0 unspecified atom stereocenters. The highest BCUT2D eigenvalue weighted by Gasteiger charge is 2.08. The van der Waals surface area contributed by atoms with Gasteiger partial charge in [0.2, 0.25) is 5.28 Å². The van der Waals surface area contributed by atoms with E-state index in [1.807, 2.05) is 0 Å². The van der Waals surface area contributed by atoms with Crippen molar-refractivity contribution in [2.45, 2.75) is 0 Å². The van der Waals surface area contributed by atoms with E-state index in [0.29, 0.717) is 11.0 Å². The van der Waals surface area contributed by atoms with Gasteiger partial charge in [-0.25, -0.2) is 14.8 Å². The fourth-order valence-electron chi connectivity index (χ4n) is 1.01. The van der Waals surface area contributed by atoms with Crippen LogP contribution in [-0.4, -0.2) is 26.0 Å². The van der Waals surface area contributed by atoms with Gasteiger partial charge in [0.15, 0.2) is 0 Å². The monoisotopic (exact) mass is 197 g/mol. The van der Waals surface area contributed by atoms with Gasteiger partial charge in [0.05, 0.1) is 17.2 Å². The number of rotatable bonds is 1. The van der Waals surface area contributed by atoms with Gasteiger partial charge in [-0.2, -0.15) is 0 Å². The van der Waals surface area contributed by atoms with Gasteiger partial charge in [0.1, 0.15) is 5.69 Å². The van der Waals surface area contributed by atoms with Crippen LogP contribution in [0.5, 0.6) is 0 Å². The third-order valence-electron chi connectivity index (χ3n) is 1.57. The highest BCUT2D eigenvalue weighted by atomic mass is 35.5. The maximum atomic E-state index is 10.5. The van der Waals surface area contributed by atoms with E-state index in [1.165, 1.54) is 12.3 Å². The van der Waals surface area contributed by atoms with E-state index < -0.39 is 5.97 Å². The molecular formula is C7H4ClN3O2. The molecule has 2 rings (SSSR count). The van der Waals surface area contributed by atoms with Gasteiger partial charge in [0.25, 0.3) is 0 Å². The Kier molecular flexibility index (Phi) is 1.66. The number of carboxylic acids is 1. The molecule has 66 valence electrons. The van der Waals surface area contributed by atoms with Crippen molar-refractivity contribution >= 4 is 28.6 Å². The lowest BCUT2D eigenvalue weighted by Crippen LogP contribution is -1.94. The van der Waals surface area contributed by atoms with Crippen molar-refractivity contribution in [1.82, 2.24) is 15.0 Å². The summed E-state index contributed by atoms with van der Waals surface area (Å²) in [6, 6.07) is 1.41. The number of hydrogen-bond donors (Lipinski definition) is 2. The quantitative estimate of drug-likeness (QED) is 0.676. The van der Waals surface area contributed by atoms with E-state index in [2.05, 4.69) is 15.0 Å². The fraction of sp³-hybridized carbons (Fsp3) is 0. The molecule has 0 fully saturated rings. The number of nitrogens with zero attached hydrogens (tertiary/aromatic N) is 2. The van der Waals surface area contributed by atoms with E-state index >= 15 is 0 Å². The van der Waals surface area contributed by atoms with Crippen LogP contribution in [0.4, 0.5) is 0 Å². The van der Waals surface area contributed by atoms with Gasteiger partial charge in [0, 0.05) is 0 Å². The molecule has 2 aromatic rings. The number of carboxylic acid groups (broad SMARTS) is 1. The van der Waals surface area contributed by atoms with Crippen molar-refractivity contribution in [1.29, 1.82) is 0 Å². The lowest BCUT2D eigenvalue weighted by molar-refractivity contribution is 0.0691. The van der Waals surface area contributed by atoms with Crippen LogP contribution >= 0.6 is 11.6 Å². The van der Waals surface area contributed by atoms with Crippen molar-refractivity contribution in [3.05, 3.63) is 23.2 Å². The molecule has 2 N–H and O–H groups in total. The molecular weight excluding hydrogens is 194 g/mol. The van der Waals surface area contributed by atoms with Crippen molar-refractivity contribution in [2.75, 3.05) is 0 Å². The van der Waals surface area contributed by atoms with Crippen LogP contribution in [0.25, 0.3) is 11.0 Å². The average molecular weight is 198 g/mol. The van der Waals surface area contributed by atoms with Crippen LogP contribution < -0.4 is 0 Å². The molecule has 5 nitrogen and oxygen atoms in total. The Morgan fingerprint density at radius 1 is 1.62 bits per heavy atom. The number of fused-ring (bicyclic) bond motifs is 1. The standard InChI is InChI=1S/C7H4ClN3O2/c8-7-9-2-5-3(11-7)1-4(10-5)6(12)13/h1-2,10H,(H,12,13). The molecule has 0 amide bonds. The van der Waals surface area contributed by atoms with Crippen LogP contribution in [0.3, 0.4) is 0 Å². The second-order valence-corrected chi connectivity index (χ2v) is 2.76. The third-order valence-corrected chi connectivity index (χ3v) is 1.75. The topological polar surface area (TPSA) is 78.9 Å². The zero-order valence-electron chi connectivity index (χ0n) is 6.28. The SMILES string of the molecule is O=C(O)c1cc2nc(Cl)ncc2[nH]1. The minimum atomic E-state index is -1.03. The average Bonchev–Trinajstić information content (AvgIpc) is 2.46. The first kappa shape index (κ1) is 8.00. The van der Waals surface area contributed by atoms with Crippen LogP contribution in [0, 0.1) is 0 Å². The van der Waals surface area contributed by atoms with E-state index in [9.17, 15) is 4.79 Å². The molecule has 0 spiro atoms. The number of carbonyl (C=O) groups is 1. The summed E-state index contributed by atoms with van der Waals surface area (Å²) in [6.45, 7) is 0. The smallest absolute Gasteiger partial charge is 0.352 e. The third kappa shape index (κ3) is 1.33. The van der Waals surface area contributed by atoms with Gasteiger partial charge in [-0.15, -0.1) is 0 Å². The minimum absolute atomic E-state index is 0.0755. The number of hydrogen-bond acceptors (Lipinski definition) is 3. The predicted octanol–water partition coefficient (Wildman–Crippen LogP) is 1.31. The van der Waals surface area contributed by atoms with Gasteiger partial charge in [-0.05, 0) is 17.7 Å². The number of nitrogens with one attached hydrogen (secondary N) is 1. The number of aromatic amines is 1. The largest absolute Gasteiger partial charge is 0.477 e. The number of H-pyrrole nitrogens is 1. The molecule has 0 radical (unpaired) electrons. The van der Waals surface area contributed by atoms with Crippen molar-refractivity contribution in [3.8, 4) is 0 Å². The Balaban J connectivity index is 2.68. The first-order valence-electron chi connectivity index (χ1n) is 3.41. The van der Waals surface area contributed by atoms with Crippen LogP contribution in [-0.2, 0) is 0 Å². The summed E-state index contributed by atoms with van der Waals surface area (Å²) in [5, 5.41) is 8.74. The summed E-state index contributed by atoms with van der Waals surface area (Å²) < 4.78 is 0. The second kappa shape index (κ2) is 2.70. The Morgan fingerprint density at radius 3 is 3.08 bits per heavy atom. The number of halogens is 1. The molecule has 0 aliphatic carbocycles. The first-order chi connectivity index (χ1) is 6.16. The summed E-state index contributed by atoms with van der Waals surface area (Å²) in [6.07, 6.45) is 1.44. The zero-order chi connectivity index (χ0) is 9.42. The van der Waals surface area contributed by atoms with Crippen LogP contribution in [0.15, 0.2) is 12.3 Å². The van der Waals surface area contributed by atoms with Gasteiger partial charge in [-0.3, -0.25) is 0 Å². The minimum Gasteiger partial charge on any atom is -0.477 e. The maximum Gasteiger partial charge on any atom is 0.352 e. The van der Waals surface area contributed by atoms with Crippen molar-refractivity contribution in [3.63, 3.8) is 0 Å². The van der Waals surface area contributed by atoms with Gasteiger partial charge in [-0.1, -0.05) is 0 Å². The van der Waals surface area contributed by atoms with Crippen LogP contribution in [0.2, 0.25) is 5.28 Å². The first-order valence-corrected chi connectivity index (χ1v) is 3.79. The zero-order valence-corrected chi connectivity index (χ0v) is 7.04.